The number of aromatic hydroxyl groups is 2. The Morgan fingerprint density at radius 3 is 2.74 bits per heavy atom. The van der Waals surface area contributed by atoms with Crippen molar-refractivity contribution in [2.24, 2.45) is 5.10 Å². The third kappa shape index (κ3) is 6.49. The number of para-hydroxylation sites is 1. The Labute approximate surface area is 215 Å². The highest BCUT2D eigenvalue weighted by Crippen LogP contribution is 2.33. The summed E-state index contributed by atoms with van der Waals surface area (Å²) in [4.78, 5) is 24.9. The lowest BCUT2D eigenvalue weighted by molar-refractivity contribution is -0.139. The molecule has 12 heteroatoms. The first kappa shape index (κ1) is 26.0. The number of carbonyl (C=O) groups excluding carboxylic acids is 2. The molecule has 1 aliphatic rings. The largest absolute Gasteiger partial charge is 0.507 e. The smallest absolute Gasteiger partial charge is 0.338 e. The molecule has 0 saturated carbocycles. The van der Waals surface area contributed by atoms with Gasteiger partial charge in [0.15, 0.2) is 11.7 Å². The fourth-order valence-corrected chi connectivity index (χ4v) is 3.91. The number of amides is 1. The minimum atomic E-state index is -0.643. The molecule has 2 aromatic rings. The van der Waals surface area contributed by atoms with Crippen molar-refractivity contribution in [1.82, 2.24) is 16.1 Å². The van der Waals surface area contributed by atoms with Crippen LogP contribution in [0.3, 0.4) is 0 Å². The van der Waals surface area contributed by atoms with E-state index in [1.807, 2.05) is 0 Å². The number of allylic oxidation sites excluding steroid dienone is 1. The van der Waals surface area contributed by atoms with Crippen LogP contribution in [0.4, 0.5) is 0 Å². The van der Waals surface area contributed by atoms with Crippen molar-refractivity contribution in [3.63, 3.8) is 0 Å². The summed E-state index contributed by atoms with van der Waals surface area (Å²) in [5.41, 5.74) is 4.09. The second-order valence-electron chi connectivity index (χ2n) is 7.27. The minimum Gasteiger partial charge on any atom is -0.507 e. The van der Waals surface area contributed by atoms with E-state index in [2.05, 4.69) is 37.1 Å². The SMILES string of the molecule is CCOC(=O)C1=C(C)NC(=S)N[C@@H]1c1ccccc1OCC(=O)NN=Cc1cc(Br)c(O)cc1O. The summed E-state index contributed by atoms with van der Waals surface area (Å²) in [6.45, 7) is 3.29. The second kappa shape index (κ2) is 11.7. The van der Waals surface area contributed by atoms with Crippen LogP contribution in [-0.4, -0.2) is 46.6 Å². The van der Waals surface area contributed by atoms with E-state index in [1.54, 1.807) is 38.1 Å². The highest BCUT2D eigenvalue weighted by Gasteiger charge is 2.32. The van der Waals surface area contributed by atoms with Gasteiger partial charge in [0.05, 0.1) is 28.9 Å². The molecule has 0 aromatic heterocycles. The van der Waals surface area contributed by atoms with Crippen LogP contribution in [0.1, 0.15) is 31.0 Å². The van der Waals surface area contributed by atoms with Crippen molar-refractivity contribution < 1.29 is 29.3 Å². The number of thiocarbonyl (C=S) groups is 1. The van der Waals surface area contributed by atoms with Crippen LogP contribution >= 0.6 is 28.1 Å². The van der Waals surface area contributed by atoms with E-state index in [-0.39, 0.29) is 30.3 Å². The zero-order chi connectivity index (χ0) is 25.5. The first-order valence-electron chi connectivity index (χ1n) is 10.4. The summed E-state index contributed by atoms with van der Waals surface area (Å²) < 4.78 is 11.3. The van der Waals surface area contributed by atoms with Crippen LogP contribution in [0, 0.1) is 0 Å². The highest BCUT2D eigenvalue weighted by atomic mass is 79.9. The fourth-order valence-electron chi connectivity index (χ4n) is 3.28. The van der Waals surface area contributed by atoms with Crippen LogP contribution in [0.15, 0.2) is 57.2 Å². The number of hydrazone groups is 1. The van der Waals surface area contributed by atoms with Crippen LogP contribution in [-0.2, 0) is 14.3 Å². The average molecular weight is 563 g/mol. The lowest BCUT2D eigenvalue weighted by Crippen LogP contribution is -2.45. The van der Waals surface area contributed by atoms with Gasteiger partial charge in [0.25, 0.3) is 5.91 Å². The van der Waals surface area contributed by atoms with Gasteiger partial charge in [-0.15, -0.1) is 0 Å². The monoisotopic (exact) mass is 562 g/mol. The first-order valence-corrected chi connectivity index (χ1v) is 11.6. The van der Waals surface area contributed by atoms with Crippen LogP contribution < -0.4 is 20.8 Å². The molecule has 10 nitrogen and oxygen atoms in total. The molecule has 0 fully saturated rings. The molecular formula is C23H23BrN4O6S. The second-order valence-corrected chi connectivity index (χ2v) is 8.54. The predicted molar refractivity (Wildman–Crippen MR) is 136 cm³/mol. The summed E-state index contributed by atoms with van der Waals surface area (Å²) in [6.07, 6.45) is 1.23. The van der Waals surface area contributed by atoms with Gasteiger partial charge in [-0.25, -0.2) is 10.2 Å². The van der Waals surface area contributed by atoms with Gasteiger partial charge in [-0.3, -0.25) is 4.79 Å². The van der Waals surface area contributed by atoms with E-state index in [0.29, 0.717) is 32.2 Å². The van der Waals surface area contributed by atoms with Crippen molar-refractivity contribution >= 4 is 51.4 Å². The Hall–Kier alpha value is -3.64. The van der Waals surface area contributed by atoms with Gasteiger partial charge < -0.3 is 30.3 Å². The number of nitrogens with one attached hydrogen (secondary N) is 3. The molecule has 1 aliphatic heterocycles. The molecule has 184 valence electrons. The number of halogens is 1. The quantitative estimate of drug-likeness (QED) is 0.142. The third-order valence-corrected chi connectivity index (χ3v) is 5.70. The van der Waals surface area contributed by atoms with Crippen molar-refractivity contribution in [2.75, 3.05) is 13.2 Å². The number of esters is 1. The van der Waals surface area contributed by atoms with Gasteiger partial charge >= 0.3 is 5.97 Å². The molecule has 1 heterocycles. The summed E-state index contributed by atoms with van der Waals surface area (Å²) in [5.74, 6) is -1.02. The number of phenolic OH excluding ortho intramolecular Hbond substituents is 2. The fraction of sp³-hybridized carbons (Fsp3) is 0.217. The van der Waals surface area contributed by atoms with Gasteiger partial charge in [0.2, 0.25) is 0 Å². The number of carbonyl (C=O) groups is 2. The maximum Gasteiger partial charge on any atom is 0.338 e. The Kier molecular flexibility index (Phi) is 8.66. The zero-order valence-corrected chi connectivity index (χ0v) is 21.2. The van der Waals surface area contributed by atoms with Gasteiger partial charge in [0.1, 0.15) is 17.2 Å². The van der Waals surface area contributed by atoms with Gasteiger partial charge in [-0.05, 0) is 54.1 Å². The minimum absolute atomic E-state index is 0.129. The standard InChI is InChI=1S/C23H23BrN4O6S/c1-3-33-22(32)20-12(2)26-23(35)27-21(20)14-6-4-5-7-18(14)34-11-19(31)28-25-10-13-8-15(24)17(30)9-16(13)29/h4-10,21,29-30H,3,11H2,1-2H3,(H,28,31)(H2,26,27,35)/t21-/m1/s1. The van der Waals surface area contributed by atoms with Crippen LogP contribution in [0.2, 0.25) is 0 Å². The van der Waals surface area contributed by atoms with Crippen molar-refractivity contribution in [1.29, 1.82) is 0 Å². The number of nitrogens with zero attached hydrogens (tertiary/aromatic N) is 1. The molecule has 0 saturated heterocycles. The Morgan fingerprint density at radius 2 is 2.00 bits per heavy atom. The summed E-state index contributed by atoms with van der Waals surface area (Å²) >= 11 is 8.40. The summed E-state index contributed by atoms with van der Waals surface area (Å²) in [5, 5.41) is 29.5. The Balaban J connectivity index is 1.72. The molecule has 0 spiro atoms. The molecule has 0 bridgehead atoms. The molecule has 3 rings (SSSR count). The third-order valence-electron chi connectivity index (χ3n) is 4.84. The van der Waals surface area contributed by atoms with E-state index in [1.165, 1.54) is 12.3 Å². The normalized spacial score (nSPS) is 15.4. The van der Waals surface area contributed by atoms with Crippen molar-refractivity contribution in [3.8, 4) is 17.2 Å². The number of benzene rings is 2. The van der Waals surface area contributed by atoms with Crippen molar-refractivity contribution in [2.45, 2.75) is 19.9 Å². The maximum absolute atomic E-state index is 12.6. The average Bonchev–Trinajstić information content (AvgIpc) is 2.80. The lowest BCUT2D eigenvalue weighted by atomic mass is 9.95. The topological polar surface area (TPSA) is 142 Å². The number of rotatable bonds is 8. The number of ether oxygens (including phenoxy) is 2. The first-order chi connectivity index (χ1) is 16.7. The van der Waals surface area contributed by atoms with Crippen LogP contribution in [0.5, 0.6) is 17.2 Å². The number of hydrogen-bond acceptors (Lipinski definition) is 8. The lowest BCUT2D eigenvalue weighted by Gasteiger charge is -2.30. The van der Waals surface area contributed by atoms with E-state index in [0.717, 1.165) is 6.07 Å². The summed E-state index contributed by atoms with van der Waals surface area (Å²) in [7, 11) is 0. The molecule has 35 heavy (non-hydrogen) atoms. The molecule has 0 unspecified atom stereocenters. The molecule has 0 radical (unpaired) electrons. The molecule has 5 N–H and O–H groups in total. The van der Waals surface area contributed by atoms with E-state index >= 15 is 0 Å². The highest BCUT2D eigenvalue weighted by molar-refractivity contribution is 9.10. The number of hydrogen-bond donors (Lipinski definition) is 5. The molecule has 2 aromatic carbocycles. The molecule has 0 aliphatic carbocycles. The van der Waals surface area contributed by atoms with Crippen molar-refractivity contribution in [3.05, 3.63) is 63.3 Å². The number of phenols is 2. The Bertz CT molecular complexity index is 1220. The van der Waals surface area contributed by atoms with E-state index in [9.17, 15) is 19.8 Å². The molecular weight excluding hydrogens is 540 g/mol. The van der Waals surface area contributed by atoms with Crippen LogP contribution in [0.25, 0.3) is 0 Å². The maximum atomic E-state index is 12.6. The van der Waals surface area contributed by atoms with E-state index < -0.39 is 17.9 Å². The van der Waals surface area contributed by atoms with Gasteiger partial charge in [-0.2, -0.15) is 5.10 Å². The molecule has 1 atom stereocenters. The molecule has 1 amide bonds. The zero-order valence-electron chi connectivity index (χ0n) is 18.8. The van der Waals surface area contributed by atoms with Gasteiger partial charge in [-0.1, -0.05) is 18.2 Å². The van der Waals surface area contributed by atoms with Gasteiger partial charge in [0, 0.05) is 22.9 Å². The summed E-state index contributed by atoms with van der Waals surface area (Å²) in [6, 6.07) is 8.89. The van der Waals surface area contributed by atoms with E-state index in [4.69, 9.17) is 21.7 Å². The predicted octanol–water partition coefficient (Wildman–Crippen LogP) is 2.75. The Morgan fingerprint density at radius 1 is 1.26 bits per heavy atom.